The molecule has 1 N–H and O–H groups in total. The van der Waals surface area contributed by atoms with E-state index in [9.17, 15) is 0 Å². The zero-order valence-electron chi connectivity index (χ0n) is 12.5. The fourth-order valence-corrected chi connectivity index (χ4v) is 4.78. The van der Waals surface area contributed by atoms with E-state index in [-0.39, 0.29) is 0 Å². The fraction of sp³-hybridized carbons (Fsp3) is 1.00. The third kappa shape index (κ3) is 4.45. The zero-order chi connectivity index (χ0) is 13.0. The van der Waals surface area contributed by atoms with Crippen LogP contribution < -0.4 is 5.32 Å². The van der Waals surface area contributed by atoms with Crippen LogP contribution in [-0.4, -0.2) is 23.1 Å². The summed E-state index contributed by atoms with van der Waals surface area (Å²) < 4.78 is 0. The molecule has 0 amide bonds. The van der Waals surface area contributed by atoms with Gasteiger partial charge in [0.1, 0.15) is 0 Å². The molecule has 18 heavy (non-hydrogen) atoms. The highest BCUT2D eigenvalue weighted by Gasteiger charge is 2.29. The molecule has 106 valence electrons. The molecule has 2 saturated carbocycles. The maximum atomic E-state index is 3.97. The Hall–Kier alpha value is 0.310. The molecule has 0 saturated heterocycles. The third-order valence-corrected chi connectivity index (χ3v) is 6.07. The first kappa shape index (κ1) is 14.7. The van der Waals surface area contributed by atoms with Crippen molar-refractivity contribution in [1.29, 1.82) is 0 Å². The predicted molar refractivity (Wildman–Crippen MR) is 83.3 cm³/mol. The average molecular weight is 269 g/mol. The van der Waals surface area contributed by atoms with Crippen LogP contribution in [0.2, 0.25) is 0 Å². The van der Waals surface area contributed by atoms with Crippen molar-refractivity contribution in [3.8, 4) is 0 Å². The van der Waals surface area contributed by atoms with Gasteiger partial charge in [-0.2, -0.15) is 11.8 Å². The number of nitrogens with one attached hydrogen (secondary N) is 1. The second kappa shape index (κ2) is 6.65. The number of rotatable bonds is 4. The van der Waals surface area contributed by atoms with E-state index in [1.807, 2.05) is 0 Å². The van der Waals surface area contributed by atoms with Crippen LogP contribution in [0, 0.1) is 5.41 Å². The van der Waals surface area contributed by atoms with E-state index in [0.717, 1.165) is 17.3 Å². The van der Waals surface area contributed by atoms with E-state index in [0.29, 0.717) is 5.41 Å². The van der Waals surface area contributed by atoms with Gasteiger partial charge in [-0.05, 0) is 56.1 Å². The van der Waals surface area contributed by atoms with E-state index < -0.39 is 0 Å². The Bertz CT molecular complexity index is 251. The van der Waals surface area contributed by atoms with Crippen molar-refractivity contribution in [2.24, 2.45) is 5.41 Å². The van der Waals surface area contributed by atoms with Crippen molar-refractivity contribution >= 4 is 11.8 Å². The van der Waals surface area contributed by atoms with Gasteiger partial charge in [0, 0.05) is 17.3 Å². The van der Waals surface area contributed by atoms with Crippen LogP contribution in [0.1, 0.15) is 72.1 Å². The van der Waals surface area contributed by atoms with Crippen LogP contribution >= 0.6 is 11.8 Å². The molecule has 0 heterocycles. The maximum Gasteiger partial charge on any atom is 0.00805 e. The number of thioether (sulfide) groups is 1. The molecular weight excluding hydrogens is 238 g/mol. The molecule has 0 bridgehead atoms. The Kier molecular flexibility index (Phi) is 5.44. The quantitative estimate of drug-likeness (QED) is 0.748. The minimum Gasteiger partial charge on any atom is -0.311 e. The summed E-state index contributed by atoms with van der Waals surface area (Å²) in [6.45, 7) is 7.18. The summed E-state index contributed by atoms with van der Waals surface area (Å²) in [5.74, 6) is 1.29. The van der Waals surface area contributed by atoms with E-state index in [1.165, 1.54) is 57.1 Å². The topological polar surface area (TPSA) is 12.0 Å². The first-order valence-electron chi connectivity index (χ1n) is 7.97. The Morgan fingerprint density at radius 2 is 1.89 bits per heavy atom. The molecule has 0 aromatic carbocycles. The van der Waals surface area contributed by atoms with Crippen LogP contribution in [0.4, 0.5) is 0 Å². The first-order chi connectivity index (χ1) is 8.59. The molecule has 0 spiro atoms. The lowest BCUT2D eigenvalue weighted by molar-refractivity contribution is 0.306. The van der Waals surface area contributed by atoms with Crippen molar-refractivity contribution < 1.29 is 0 Å². The smallest absolute Gasteiger partial charge is 0.00805 e. The maximum absolute atomic E-state index is 3.97. The Morgan fingerprint density at radius 1 is 1.06 bits per heavy atom. The monoisotopic (exact) mass is 269 g/mol. The van der Waals surface area contributed by atoms with Crippen LogP contribution in [0.25, 0.3) is 0 Å². The van der Waals surface area contributed by atoms with Crippen molar-refractivity contribution in [2.45, 2.75) is 89.5 Å². The van der Waals surface area contributed by atoms with Gasteiger partial charge in [0.25, 0.3) is 0 Å². The number of hydrogen-bond donors (Lipinski definition) is 1. The van der Waals surface area contributed by atoms with Gasteiger partial charge in [0.15, 0.2) is 0 Å². The molecule has 1 nitrogen and oxygen atoms in total. The molecular formula is C16H31NS. The third-order valence-electron chi connectivity index (χ3n) is 4.83. The van der Waals surface area contributed by atoms with Crippen LogP contribution in [0.15, 0.2) is 0 Å². The summed E-state index contributed by atoms with van der Waals surface area (Å²) in [4.78, 5) is 0. The van der Waals surface area contributed by atoms with E-state index >= 15 is 0 Å². The van der Waals surface area contributed by atoms with E-state index in [2.05, 4.69) is 37.8 Å². The van der Waals surface area contributed by atoms with Gasteiger partial charge in [0.05, 0.1) is 0 Å². The Morgan fingerprint density at radius 3 is 2.67 bits per heavy atom. The van der Waals surface area contributed by atoms with Gasteiger partial charge in [-0.15, -0.1) is 0 Å². The van der Waals surface area contributed by atoms with Gasteiger partial charge in [-0.25, -0.2) is 0 Å². The summed E-state index contributed by atoms with van der Waals surface area (Å²) >= 11 is 2.17. The van der Waals surface area contributed by atoms with Crippen molar-refractivity contribution in [3.63, 3.8) is 0 Å². The summed E-state index contributed by atoms with van der Waals surface area (Å²) in [5, 5.41) is 4.91. The van der Waals surface area contributed by atoms with E-state index in [1.54, 1.807) is 0 Å². The van der Waals surface area contributed by atoms with Gasteiger partial charge >= 0.3 is 0 Å². The normalized spacial score (nSPS) is 36.5. The summed E-state index contributed by atoms with van der Waals surface area (Å²) in [5.41, 5.74) is 0.590. The highest BCUT2D eigenvalue weighted by atomic mass is 32.2. The highest BCUT2D eigenvalue weighted by Crippen LogP contribution is 2.35. The summed E-state index contributed by atoms with van der Waals surface area (Å²) in [7, 11) is 0. The van der Waals surface area contributed by atoms with Gasteiger partial charge in [-0.3, -0.25) is 0 Å². The fourth-order valence-electron chi connectivity index (χ4n) is 3.64. The second-order valence-corrected chi connectivity index (χ2v) is 8.62. The van der Waals surface area contributed by atoms with Crippen LogP contribution in [0.5, 0.6) is 0 Å². The lowest BCUT2D eigenvalue weighted by Crippen LogP contribution is -2.36. The molecule has 0 aromatic heterocycles. The van der Waals surface area contributed by atoms with Crippen molar-refractivity contribution in [3.05, 3.63) is 0 Å². The van der Waals surface area contributed by atoms with Gasteiger partial charge in [-0.1, -0.05) is 27.2 Å². The molecule has 3 atom stereocenters. The second-order valence-electron chi connectivity index (χ2n) is 7.05. The Balaban J connectivity index is 1.73. The van der Waals surface area contributed by atoms with Crippen molar-refractivity contribution in [2.75, 3.05) is 5.75 Å². The summed E-state index contributed by atoms with van der Waals surface area (Å²) in [6, 6.07) is 1.63. The lowest BCUT2D eigenvalue weighted by atomic mass is 9.85. The molecule has 2 aliphatic carbocycles. The molecule has 0 radical (unpaired) electrons. The van der Waals surface area contributed by atoms with Crippen LogP contribution in [-0.2, 0) is 0 Å². The zero-order valence-corrected chi connectivity index (χ0v) is 13.3. The lowest BCUT2D eigenvalue weighted by Gasteiger charge is -2.24. The van der Waals surface area contributed by atoms with Gasteiger partial charge in [0.2, 0.25) is 0 Å². The van der Waals surface area contributed by atoms with Crippen molar-refractivity contribution in [1.82, 2.24) is 5.32 Å². The molecule has 2 heteroatoms. The largest absolute Gasteiger partial charge is 0.311 e. The SMILES string of the molecule is CCSC1CCC(NC2CCCC(C)(C)CC2)C1. The van der Waals surface area contributed by atoms with Crippen LogP contribution in [0.3, 0.4) is 0 Å². The molecule has 0 aliphatic heterocycles. The number of hydrogen-bond acceptors (Lipinski definition) is 2. The molecule has 2 rings (SSSR count). The molecule has 3 unspecified atom stereocenters. The van der Waals surface area contributed by atoms with E-state index in [4.69, 9.17) is 0 Å². The minimum absolute atomic E-state index is 0.590. The first-order valence-corrected chi connectivity index (χ1v) is 9.01. The van der Waals surface area contributed by atoms with Gasteiger partial charge < -0.3 is 5.32 Å². The minimum atomic E-state index is 0.590. The molecule has 0 aromatic rings. The predicted octanol–water partition coefficient (Wildman–Crippen LogP) is 4.61. The summed E-state index contributed by atoms with van der Waals surface area (Å²) in [6.07, 6.45) is 11.3. The average Bonchev–Trinajstić information content (AvgIpc) is 2.66. The highest BCUT2D eigenvalue weighted by molar-refractivity contribution is 7.99. The molecule has 2 fully saturated rings. The standard InChI is InChI=1S/C16H31NS/c1-4-18-15-8-7-14(12-15)17-13-6-5-10-16(2,3)11-9-13/h13-15,17H,4-12H2,1-3H3. The molecule has 2 aliphatic rings. The Labute approximate surface area is 118 Å².